The van der Waals surface area contributed by atoms with E-state index in [0.29, 0.717) is 13.2 Å². The first-order valence-electron chi connectivity index (χ1n) is 6.53. The molecule has 2 rings (SSSR count). The first-order valence-corrected chi connectivity index (χ1v) is 6.53. The second-order valence-corrected chi connectivity index (χ2v) is 4.36. The molecular weight excluding hydrogens is 230 g/mol. The SMILES string of the molecule is CCOc1ccc(N2CCOCC2CCO)cc1. The minimum absolute atomic E-state index is 0.196. The Balaban J connectivity index is 2.07. The van der Waals surface area contributed by atoms with Gasteiger partial charge in [-0.05, 0) is 37.6 Å². The summed E-state index contributed by atoms with van der Waals surface area (Å²) < 4.78 is 10.9. The van der Waals surface area contributed by atoms with Gasteiger partial charge in [-0.3, -0.25) is 0 Å². The van der Waals surface area contributed by atoms with E-state index in [1.807, 2.05) is 19.1 Å². The van der Waals surface area contributed by atoms with E-state index in [9.17, 15) is 0 Å². The molecule has 1 aromatic rings. The van der Waals surface area contributed by atoms with Gasteiger partial charge in [0.2, 0.25) is 0 Å². The number of anilines is 1. The quantitative estimate of drug-likeness (QED) is 0.864. The van der Waals surface area contributed by atoms with Crippen LogP contribution in [-0.2, 0) is 4.74 Å². The minimum Gasteiger partial charge on any atom is -0.494 e. The van der Waals surface area contributed by atoms with Gasteiger partial charge in [0.05, 0.1) is 25.9 Å². The van der Waals surface area contributed by atoms with E-state index < -0.39 is 0 Å². The fraction of sp³-hybridized carbons (Fsp3) is 0.571. The van der Waals surface area contributed by atoms with Gasteiger partial charge in [-0.15, -0.1) is 0 Å². The fourth-order valence-corrected chi connectivity index (χ4v) is 2.28. The van der Waals surface area contributed by atoms with Gasteiger partial charge in [0.25, 0.3) is 0 Å². The lowest BCUT2D eigenvalue weighted by molar-refractivity contribution is 0.0850. The molecule has 1 aliphatic heterocycles. The summed E-state index contributed by atoms with van der Waals surface area (Å²) in [6.45, 7) is 5.17. The maximum Gasteiger partial charge on any atom is 0.119 e. The first-order chi connectivity index (χ1) is 8.85. The molecule has 1 heterocycles. The van der Waals surface area contributed by atoms with Crippen molar-refractivity contribution < 1.29 is 14.6 Å². The Morgan fingerprint density at radius 3 is 2.83 bits per heavy atom. The van der Waals surface area contributed by atoms with Crippen LogP contribution < -0.4 is 9.64 Å². The number of aliphatic hydroxyl groups excluding tert-OH is 1. The summed E-state index contributed by atoms with van der Waals surface area (Å²) in [6, 6.07) is 8.39. The molecule has 1 fully saturated rings. The molecule has 1 atom stereocenters. The van der Waals surface area contributed by atoms with Crippen molar-refractivity contribution in [2.45, 2.75) is 19.4 Å². The first kappa shape index (κ1) is 13.2. The number of benzene rings is 1. The Labute approximate surface area is 108 Å². The molecule has 0 bridgehead atoms. The average molecular weight is 251 g/mol. The van der Waals surface area contributed by atoms with E-state index in [-0.39, 0.29) is 12.6 Å². The monoisotopic (exact) mass is 251 g/mol. The highest BCUT2D eigenvalue weighted by molar-refractivity contribution is 5.50. The molecule has 0 spiro atoms. The molecule has 18 heavy (non-hydrogen) atoms. The molecule has 1 N–H and O–H groups in total. The largest absolute Gasteiger partial charge is 0.494 e. The Morgan fingerprint density at radius 1 is 1.39 bits per heavy atom. The Morgan fingerprint density at radius 2 is 2.17 bits per heavy atom. The van der Waals surface area contributed by atoms with Crippen LogP contribution in [0.15, 0.2) is 24.3 Å². The van der Waals surface area contributed by atoms with Crippen LogP contribution >= 0.6 is 0 Å². The van der Waals surface area contributed by atoms with Crippen molar-refractivity contribution in [1.29, 1.82) is 0 Å². The van der Waals surface area contributed by atoms with E-state index in [1.54, 1.807) is 0 Å². The van der Waals surface area contributed by atoms with Crippen molar-refractivity contribution in [1.82, 2.24) is 0 Å². The van der Waals surface area contributed by atoms with Crippen molar-refractivity contribution in [2.75, 3.05) is 37.9 Å². The van der Waals surface area contributed by atoms with Crippen LogP contribution in [0.3, 0.4) is 0 Å². The average Bonchev–Trinajstić information content (AvgIpc) is 2.41. The summed E-state index contributed by atoms with van der Waals surface area (Å²) >= 11 is 0. The van der Waals surface area contributed by atoms with E-state index in [4.69, 9.17) is 14.6 Å². The van der Waals surface area contributed by atoms with Crippen LogP contribution in [0.4, 0.5) is 5.69 Å². The number of morpholine rings is 1. The molecular formula is C14H21NO3. The standard InChI is InChI=1S/C14H21NO3/c1-2-18-14-5-3-12(4-6-14)15-8-10-17-11-13(15)7-9-16/h3-6,13,16H,2,7-11H2,1H3. The summed E-state index contributed by atoms with van der Waals surface area (Å²) in [5, 5.41) is 9.10. The molecule has 1 aromatic carbocycles. The molecule has 4 nitrogen and oxygen atoms in total. The van der Waals surface area contributed by atoms with Gasteiger partial charge < -0.3 is 19.5 Å². The topological polar surface area (TPSA) is 41.9 Å². The van der Waals surface area contributed by atoms with Crippen LogP contribution in [0.1, 0.15) is 13.3 Å². The second-order valence-electron chi connectivity index (χ2n) is 4.36. The van der Waals surface area contributed by atoms with Crippen molar-refractivity contribution in [3.05, 3.63) is 24.3 Å². The summed E-state index contributed by atoms with van der Waals surface area (Å²) in [7, 11) is 0. The predicted molar refractivity (Wildman–Crippen MR) is 71.3 cm³/mol. The summed E-state index contributed by atoms with van der Waals surface area (Å²) in [6.07, 6.45) is 0.743. The molecule has 0 saturated carbocycles. The smallest absolute Gasteiger partial charge is 0.119 e. The molecule has 0 radical (unpaired) electrons. The molecule has 0 amide bonds. The van der Waals surface area contributed by atoms with Crippen LogP contribution in [0.2, 0.25) is 0 Å². The number of hydrogen-bond acceptors (Lipinski definition) is 4. The van der Waals surface area contributed by atoms with Crippen molar-refractivity contribution >= 4 is 5.69 Å². The third kappa shape index (κ3) is 3.15. The van der Waals surface area contributed by atoms with Gasteiger partial charge >= 0.3 is 0 Å². The van der Waals surface area contributed by atoms with Gasteiger partial charge in [-0.25, -0.2) is 0 Å². The van der Waals surface area contributed by atoms with Crippen LogP contribution in [0.25, 0.3) is 0 Å². The fourth-order valence-electron chi connectivity index (χ4n) is 2.28. The van der Waals surface area contributed by atoms with Gasteiger partial charge in [-0.1, -0.05) is 0 Å². The third-order valence-electron chi connectivity index (χ3n) is 3.17. The van der Waals surface area contributed by atoms with E-state index in [2.05, 4.69) is 17.0 Å². The van der Waals surface area contributed by atoms with Crippen molar-refractivity contribution in [3.63, 3.8) is 0 Å². The van der Waals surface area contributed by atoms with Gasteiger partial charge in [0.15, 0.2) is 0 Å². The molecule has 1 aliphatic rings. The zero-order valence-electron chi connectivity index (χ0n) is 10.8. The van der Waals surface area contributed by atoms with Crippen molar-refractivity contribution in [3.8, 4) is 5.75 Å². The molecule has 4 heteroatoms. The molecule has 0 aromatic heterocycles. The minimum atomic E-state index is 0.196. The van der Waals surface area contributed by atoms with Crippen molar-refractivity contribution in [2.24, 2.45) is 0 Å². The molecule has 0 aliphatic carbocycles. The lowest BCUT2D eigenvalue weighted by Gasteiger charge is -2.37. The van der Waals surface area contributed by atoms with Crippen LogP contribution in [-0.4, -0.2) is 44.1 Å². The zero-order chi connectivity index (χ0) is 12.8. The highest BCUT2D eigenvalue weighted by atomic mass is 16.5. The number of rotatable bonds is 5. The molecule has 1 unspecified atom stereocenters. The number of hydrogen-bond donors (Lipinski definition) is 1. The maximum atomic E-state index is 9.10. The predicted octanol–water partition coefficient (Wildman–Crippen LogP) is 1.67. The van der Waals surface area contributed by atoms with Gasteiger partial charge in [0.1, 0.15) is 5.75 Å². The number of nitrogens with zero attached hydrogens (tertiary/aromatic N) is 1. The zero-order valence-corrected chi connectivity index (χ0v) is 10.8. The van der Waals surface area contributed by atoms with Crippen LogP contribution in [0.5, 0.6) is 5.75 Å². The van der Waals surface area contributed by atoms with E-state index in [1.165, 1.54) is 5.69 Å². The number of ether oxygens (including phenoxy) is 2. The second kappa shape index (κ2) is 6.61. The highest BCUT2D eigenvalue weighted by Gasteiger charge is 2.22. The summed E-state index contributed by atoms with van der Waals surface area (Å²) in [4.78, 5) is 2.30. The maximum absolute atomic E-state index is 9.10. The highest BCUT2D eigenvalue weighted by Crippen LogP contribution is 2.24. The Kier molecular flexibility index (Phi) is 4.84. The van der Waals surface area contributed by atoms with Crippen LogP contribution in [0, 0.1) is 0 Å². The molecule has 100 valence electrons. The lowest BCUT2D eigenvalue weighted by Crippen LogP contribution is -2.46. The number of aliphatic hydroxyl groups is 1. The Bertz CT molecular complexity index is 351. The third-order valence-corrected chi connectivity index (χ3v) is 3.17. The summed E-state index contributed by atoms with van der Waals surface area (Å²) in [5.74, 6) is 0.896. The molecule has 1 saturated heterocycles. The Hall–Kier alpha value is -1.26. The summed E-state index contributed by atoms with van der Waals surface area (Å²) in [5.41, 5.74) is 1.17. The normalized spacial score (nSPS) is 19.9. The van der Waals surface area contributed by atoms with Gasteiger partial charge in [-0.2, -0.15) is 0 Å². The van der Waals surface area contributed by atoms with E-state index in [0.717, 1.165) is 25.3 Å². The van der Waals surface area contributed by atoms with E-state index >= 15 is 0 Å². The van der Waals surface area contributed by atoms with Gasteiger partial charge in [0, 0.05) is 18.8 Å². The lowest BCUT2D eigenvalue weighted by atomic mass is 10.1.